The molecule has 0 saturated carbocycles. The minimum atomic E-state index is -0.979. The van der Waals surface area contributed by atoms with E-state index in [-0.39, 0.29) is 33.8 Å². The zero-order chi connectivity index (χ0) is 15.4. The van der Waals surface area contributed by atoms with Crippen LogP contribution in [0.5, 0.6) is 11.5 Å². The Labute approximate surface area is 122 Å². The molecule has 2 rings (SSSR count). The average molecular weight is 313 g/mol. The molecule has 112 valence electrons. The van der Waals surface area contributed by atoms with Gasteiger partial charge in [0.25, 0.3) is 0 Å². The Morgan fingerprint density at radius 1 is 1.52 bits per heavy atom. The Kier molecular flexibility index (Phi) is 4.62. The van der Waals surface area contributed by atoms with Gasteiger partial charge in [0.05, 0.1) is 18.4 Å². The lowest BCUT2D eigenvalue weighted by atomic mass is 10.1. The Morgan fingerprint density at radius 2 is 2.29 bits per heavy atom. The fourth-order valence-corrected chi connectivity index (χ4v) is 2.12. The Balaban J connectivity index is 2.35. The van der Waals surface area contributed by atoms with E-state index in [9.17, 15) is 9.90 Å². The standard InChI is InChI=1S/C11H12N4O5S/c1-20-7-3-5(15-19)2-6(9(7)18)10-12-11(14-13-10)21-4-8(16)17/h2-3,15,18-19H,4H2,1H3,(H,16,17)(H,12,13,14)/p+1. The molecule has 0 radical (unpaired) electrons. The van der Waals surface area contributed by atoms with E-state index in [1.165, 1.54) is 19.2 Å². The van der Waals surface area contributed by atoms with Crippen LogP contribution >= 0.6 is 11.8 Å². The molecule has 0 aliphatic carbocycles. The van der Waals surface area contributed by atoms with Crippen LogP contribution in [0.3, 0.4) is 0 Å². The fraction of sp³-hybridized carbons (Fsp3) is 0.182. The van der Waals surface area contributed by atoms with Gasteiger partial charge in [0.1, 0.15) is 0 Å². The topological polar surface area (TPSA) is 145 Å². The van der Waals surface area contributed by atoms with Crippen molar-refractivity contribution in [3.05, 3.63) is 12.1 Å². The van der Waals surface area contributed by atoms with Gasteiger partial charge in [0.2, 0.25) is 5.16 Å². The maximum atomic E-state index is 10.5. The second-order valence-electron chi connectivity index (χ2n) is 3.90. The van der Waals surface area contributed by atoms with Crippen molar-refractivity contribution in [3.8, 4) is 22.9 Å². The van der Waals surface area contributed by atoms with Crippen LogP contribution in [0.15, 0.2) is 17.3 Å². The van der Waals surface area contributed by atoms with E-state index in [0.29, 0.717) is 5.69 Å². The number of rotatable bonds is 6. The number of phenolic OH excluding ortho intramolecular Hbond substituents is 1. The van der Waals surface area contributed by atoms with Crippen LogP contribution < -0.4 is 10.2 Å². The summed E-state index contributed by atoms with van der Waals surface area (Å²) in [7, 11) is 1.38. The smallest absolute Gasteiger partial charge is 0.313 e. The number of quaternary nitrogens is 1. The number of carboxylic acids is 1. The van der Waals surface area contributed by atoms with Crippen molar-refractivity contribution in [3.63, 3.8) is 0 Å². The van der Waals surface area contributed by atoms with Gasteiger partial charge in [-0.1, -0.05) is 11.8 Å². The molecule has 6 N–H and O–H groups in total. The van der Waals surface area contributed by atoms with Crippen LogP contribution in [-0.4, -0.2) is 49.4 Å². The van der Waals surface area contributed by atoms with Crippen molar-refractivity contribution in [2.45, 2.75) is 5.16 Å². The van der Waals surface area contributed by atoms with E-state index < -0.39 is 5.97 Å². The normalized spacial score (nSPS) is 10.6. The van der Waals surface area contributed by atoms with E-state index in [2.05, 4.69) is 15.2 Å². The lowest BCUT2D eigenvalue weighted by Gasteiger charge is -2.07. The zero-order valence-electron chi connectivity index (χ0n) is 10.9. The molecule has 0 fully saturated rings. The van der Waals surface area contributed by atoms with Crippen LogP contribution in [0, 0.1) is 0 Å². The third kappa shape index (κ3) is 3.42. The Hall–Kier alpha value is -2.30. The third-order valence-corrected chi connectivity index (χ3v) is 3.34. The van der Waals surface area contributed by atoms with Crippen LogP contribution in [0.1, 0.15) is 0 Å². The molecule has 1 aromatic carbocycles. The van der Waals surface area contributed by atoms with Crippen LogP contribution in [0.25, 0.3) is 11.4 Å². The highest BCUT2D eigenvalue weighted by Gasteiger charge is 2.17. The second-order valence-corrected chi connectivity index (χ2v) is 4.84. The summed E-state index contributed by atoms with van der Waals surface area (Å²) in [6.07, 6.45) is 0. The highest BCUT2D eigenvalue weighted by atomic mass is 32.2. The predicted molar refractivity (Wildman–Crippen MR) is 71.8 cm³/mol. The zero-order valence-corrected chi connectivity index (χ0v) is 11.7. The first-order valence-corrected chi connectivity index (χ1v) is 6.69. The van der Waals surface area contributed by atoms with E-state index in [4.69, 9.17) is 15.1 Å². The minimum Gasteiger partial charge on any atom is -0.504 e. The number of carbonyl (C=O) groups is 1. The van der Waals surface area contributed by atoms with Crippen molar-refractivity contribution in [1.29, 1.82) is 0 Å². The summed E-state index contributed by atoms with van der Waals surface area (Å²) in [5.41, 5.74) is 1.56. The molecular formula is C11H13N4O5S+. The molecule has 21 heavy (non-hydrogen) atoms. The van der Waals surface area contributed by atoms with Crippen molar-refractivity contribution < 1.29 is 30.4 Å². The third-order valence-electron chi connectivity index (χ3n) is 2.51. The predicted octanol–water partition coefficient (Wildman–Crippen LogP) is -0.0533. The molecule has 0 aliphatic rings. The summed E-state index contributed by atoms with van der Waals surface area (Å²) >= 11 is 0.947. The molecule has 2 aromatic rings. The second kappa shape index (κ2) is 6.43. The Morgan fingerprint density at radius 3 is 2.90 bits per heavy atom. The van der Waals surface area contributed by atoms with Crippen LogP contribution in [0.4, 0.5) is 5.69 Å². The number of nitrogens with zero attached hydrogens (tertiary/aromatic N) is 2. The number of aromatic nitrogens is 3. The van der Waals surface area contributed by atoms with Crippen LogP contribution in [-0.2, 0) is 4.79 Å². The summed E-state index contributed by atoms with van der Waals surface area (Å²) in [5, 5.41) is 34.5. The number of methoxy groups -OCH3 is 1. The first-order valence-electron chi connectivity index (χ1n) is 5.71. The van der Waals surface area contributed by atoms with Gasteiger partial charge < -0.3 is 14.9 Å². The molecule has 1 heterocycles. The molecule has 0 atom stereocenters. The number of thioether (sulfide) groups is 1. The van der Waals surface area contributed by atoms with Gasteiger partial charge in [0, 0.05) is 12.1 Å². The minimum absolute atomic E-state index is 0.158. The molecule has 10 heteroatoms. The maximum absolute atomic E-state index is 10.5. The molecular weight excluding hydrogens is 300 g/mol. The number of nitrogens with two attached hydrogens (primary N) is 1. The SMILES string of the molecule is COc1cc([NH2+]O)cc(-c2nc(SCC(=O)O)n[nH]2)c1O. The summed E-state index contributed by atoms with van der Waals surface area (Å²) < 4.78 is 5.01. The quantitative estimate of drug-likeness (QED) is 0.216. The van der Waals surface area contributed by atoms with Gasteiger partial charge in [-0.3, -0.25) is 9.89 Å². The monoisotopic (exact) mass is 313 g/mol. The number of aliphatic carboxylic acids is 1. The number of ether oxygens (including phenoxy) is 1. The highest BCUT2D eigenvalue weighted by molar-refractivity contribution is 7.99. The molecule has 0 spiro atoms. The lowest BCUT2D eigenvalue weighted by Crippen LogP contribution is -2.73. The van der Waals surface area contributed by atoms with Gasteiger partial charge in [-0.2, -0.15) is 5.48 Å². The van der Waals surface area contributed by atoms with Gasteiger partial charge >= 0.3 is 5.97 Å². The van der Waals surface area contributed by atoms with E-state index >= 15 is 0 Å². The Bertz CT molecular complexity index is 660. The number of aromatic amines is 1. The average Bonchev–Trinajstić information content (AvgIpc) is 2.94. The molecule has 1 aromatic heterocycles. The number of hydrogen-bond donors (Lipinski definition) is 5. The summed E-state index contributed by atoms with van der Waals surface area (Å²) in [4.78, 5) is 14.6. The lowest BCUT2D eigenvalue weighted by molar-refractivity contribution is -0.825. The molecule has 0 amide bonds. The number of H-pyrrole nitrogens is 1. The van der Waals surface area contributed by atoms with Gasteiger partial charge in [0.15, 0.2) is 23.0 Å². The molecule has 0 saturated heterocycles. The first kappa shape index (κ1) is 15.1. The molecule has 0 bridgehead atoms. The van der Waals surface area contributed by atoms with E-state index in [1.807, 2.05) is 0 Å². The number of nitrogens with one attached hydrogen (secondary N) is 1. The molecule has 9 nitrogen and oxygen atoms in total. The number of phenols is 1. The van der Waals surface area contributed by atoms with E-state index in [1.54, 1.807) is 0 Å². The summed E-state index contributed by atoms with van der Waals surface area (Å²) in [6.45, 7) is 0. The van der Waals surface area contributed by atoms with Crippen molar-refractivity contribution >= 4 is 23.4 Å². The van der Waals surface area contributed by atoms with Crippen LogP contribution in [0.2, 0.25) is 0 Å². The largest absolute Gasteiger partial charge is 0.504 e. The van der Waals surface area contributed by atoms with Crippen molar-refractivity contribution in [2.75, 3.05) is 12.9 Å². The highest BCUT2D eigenvalue weighted by Crippen LogP contribution is 2.37. The number of aromatic hydroxyl groups is 1. The fourth-order valence-electron chi connectivity index (χ4n) is 1.60. The number of carboxylic acid groups (broad SMARTS) is 1. The van der Waals surface area contributed by atoms with Gasteiger partial charge in [-0.15, -0.1) is 5.10 Å². The first-order chi connectivity index (χ1) is 10.0. The number of hydrogen-bond acceptors (Lipinski definition) is 7. The maximum Gasteiger partial charge on any atom is 0.313 e. The van der Waals surface area contributed by atoms with Crippen molar-refractivity contribution in [1.82, 2.24) is 15.2 Å². The molecule has 0 aliphatic heterocycles. The van der Waals surface area contributed by atoms with Gasteiger partial charge in [-0.05, 0) is 0 Å². The number of benzene rings is 1. The molecule has 0 unspecified atom stereocenters. The van der Waals surface area contributed by atoms with E-state index in [0.717, 1.165) is 17.2 Å². The van der Waals surface area contributed by atoms with Gasteiger partial charge in [-0.25, -0.2) is 10.2 Å². The summed E-state index contributed by atoms with van der Waals surface area (Å²) in [6, 6.07) is 2.94. The summed E-state index contributed by atoms with van der Waals surface area (Å²) in [5.74, 6) is -0.898. The van der Waals surface area contributed by atoms with Crippen molar-refractivity contribution in [2.24, 2.45) is 0 Å².